The summed E-state index contributed by atoms with van der Waals surface area (Å²) in [6, 6.07) is 15.7. The van der Waals surface area contributed by atoms with Crippen LogP contribution in [0.3, 0.4) is 0 Å². The van der Waals surface area contributed by atoms with Gasteiger partial charge in [-0.2, -0.15) is 4.98 Å². The summed E-state index contributed by atoms with van der Waals surface area (Å²) in [5.41, 5.74) is 2.94. The maximum absolute atomic E-state index is 14.5. The third-order valence-corrected chi connectivity index (χ3v) is 8.41. The van der Waals surface area contributed by atoms with Crippen molar-refractivity contribution in [1.82, 2.24) is 19.4 Å². The summed E-state index contributed by atoms with van der Waals surface area (Å²) in [6.07, 6.45) is 1.14. The Labute approximate surface area is 255 Å². The summed E-state index contributed by atoms with van der Waals surface area (Å²) in [5, 5.41) is 0. The number of Topliss-reactive ketones (excluding diaryl/α,β-unsaturated/α-hetero) is 1. The molecule has 2 aliphatic rings. The number of ketones is 1. The average molecular weight is 602 g/mol. The number of hydrogen-bond donors (Lipinski definition) is 0. The second kappa shape index (κ2) is 12.7. The normalized spacial score (nSPS) is 18.7. The topological polar surface area (TPSA) is 99.0 Å². The lowest BCUT2D eigenvalue weighted by Gasteiger charge is -2.40. The monoisotopic (exact) mass is 601 g/mol. The van der Waals surface area contributed by atoms with Crippen LogP contribution in [0, 0.1) is 5.82 Å². The number of ether oxygens (including phenoxy) is 3. The fourth-order valence-corrected chi connectivity index (χ4v) is 5.69. The van der Waals surface area contributed by atoms with E-state index in [0.717, 1.165) is 55.3 Å². The number of methoxy groups -OCH3 is 1. The van der Waals surface area contributed by atoms with Gasteiger partial charge < -0.3 is 23.7 Å². The summed E-state index contributed by atoms with van der Waals surface area (Å²) in [5.74, 6) is 1.11. The van der Waals surface area contributed by atoms with E-state index in [1.807, 2.05) is 24.3 Å². The van der Waals surface area contributed by atoms with Crippen molar-refractivity contribution in [2.75, 3.05) is 38.3 Å². The van der Waals surface area contributed by atoms with Gasteiger partial charge in [0.05, 0.1) is 42.9 Å². The maximum Gasteiger partial charge on any atom is 0.337 e. The first-order chi connectivity index (χ1) is 21.3. The number of fused-ring (bicyclic) bond motifs is 1. The molecule has 0 spiro atoms. The van der Waals surface area contributed by atoms with Gasteiger partial charge in [-0.1, -0.05) is 18.2 Å². The second-order valence-electron chi connectivity index (χ2n) is 11.4. The molecule has 2 fully saturated rings. The third kappa shape index (κ3) is 6.29. The van der Waals surface area contributed by atoms with Crippen LogP contribution in [-0.4, -0.2) is 76.7 Å². The predicted octanol–water partition coefficient (Wildman–Crippen LogP) is 4.64. The smallest absolute Gasteiger partial charge is 0.337 e. The van der Waals surface area contributed by atoms with Gasteiger partial charge in [0.15, 0.2) is 5.78 Å². The number of halogens is 1. The molecule has 10 nitrogen and oxygen atoms in total. The zero-order valence-electron chi connectivity index (χ0n) is 25.2. The van der Waals surface area contributed by atoms with Crippen molar-refractivity contribution >= 4 is 28.6 Å². The number of esters is 1. The van der Waals surface area contributed by atoms with Crippen molar-refractivity contribution in [2.45, 2.75) is 52.1 Å². The molecule has 0 amide bonds. The molecule has 11 heteroatoms. The van der Waals surface area contributed by atoms with Crippen LogP contribution < -0.4 is 9.64 Å². The number of rotatable bonds is 10. The Hall–Kier alpha value is -4.35. The lowest BCUT2D eigenvalue weighted by Crippen LogP contribution is -2.52. The van der Waals surface area contributed by atoms with Gasteiger partial charge in [0.1, 0.15) is 24.1 Å². The zero-order valence-corrected chi connectivity index (χ0v) is 25.2. The van der Waals surface area contributed by atoms with Gasteiger partial charge in [0.25, 0.3) is 0 Å². The van der Waals surface area contributed by atoms with Crippen LogP contribution in [0.1, 0.15) is 52.4 Å². The highest BCUT2D eigenvalue weighted by molar-refractivity contribution is 5.94. The van der Waals surface area contributed by atoms with Crippen molar-refractivity contribution in [3.63, 3.8) is 0 Å². The number of aromatic nitrogens is 3. The van der Waals surface area contributed by atoms with E-state index in [0.29, 0.717) is 35.7 Å². The molecular formula is C33H36FN5O5. The number of carbonyl (C=O) groups excluding carboxylic acids is 2. The Bertz CT molecular complexity index is 1690. The molecule has 0 N–H and O–H groups in total. The summed E-state index contributed by atoms with van der Waals surface area (Å²) in [4.78, 5) is 38.0. The molecule has 2 aromatic heterocycles. The number of nitrogens with zero attached hydrogens (tertiary/aromatic N) is 5. The van der Waals surface area contributed by atoms with E-state index >= 15 is 0 Å². The first kappa shape index (κ1) is 29.7. The molecule has 230 valence electrons. The lowest BCUT2D eigenvalue weighted by atomic mass is 10.1. The Morgan fingerprint density at radius 2 is 1.89 bits per heavy atom. The van der Waals surface area contributed by atoms with Crippen molar-refractivity contribution in [1.29, 1.82) is 0 Å². The quantitative estimate of drug-likeness (QED) is 0.190. The van der Waals surface area contributed by atoms with Crippen LogP contribution in [0.15, 0.2) is 54.6 Å². The third-order valence-electron chi connectivity index (χ3n) is 8.41. The van der Waals surface area contributed by atoms with Crippen LogP contribution >= 0.6 is 0 Å². The van der Waals surface area contributed by atoms with E-state index in [1.165, 1.54) is 20.1 Å². The molecule has 0 saturated carbocycles. The number of carbonyl (C=O) groups is 2. The summed E-state index contributed by atoms with van der Waals surface area (Å²) in [6.45, 7) is 8.06. The molecule has 2 saturated heterocycles. The van der Waals surface area contributed by atoms with Crippen molar-refractivity contribution in [3.05, 3.63) is 82.9 Å². The average Bonchev–Trinajstić information content (AvgIpc) is 3.34. The van der Waals surface area contributed by atoms with Crippen LogP contribution in [0.5, 0.6) is 5.88 Å². The minimum absolute atomic E-state index is 0.0126. The van der Waals surface area contributed by atoms with Gasteiger partial charge in [0.2, 0.25) is 5.88 Å². The molecular weight excluding hydrogens is 565 g/mol. The number of imidazole rings is 1. The summed E-state index contributed by atoms with van der Waals surface area (Å²) < 4.78 is 33.1. The Morgan fingerprint density at radius 1 is 1.07 bits per heavy atom. The fourth-order valence-electron chi connectivity index (χ4n) is 5.69. The van der Waals surface area contributed by atoms with Gasteiger partial charge in [-0.25, -0.2) is 14.2 Å². The molecule has 0 radical (unpaired) electrons. The minimum atomic E-state index is -0.476. The van der Waals surface area contributed by atoms with Crippen molar-refractivity contribution < 1.29 is 28.2 Å². The highest BCUT2D eigenvalue weighted by atomic mass is 19.1. The van der Waals surface area contributed by atoms with Crippen molar-refractivity contribution in [3.8, 4) is 5.88 Å². The van der Waals surface area contributed by atoms with Crippen molar-refractivity contribution in [2.24, 2.45) is 0 Å². The summed E-state index contributed by atoms with van der Waals surface area (Å²) >= 11 is 0. The van der Waals surface area contributed by atoms with E-state index in [9.17, 15) is 14.0 Å². The SMILES string of the molecule is COC(=O)c1ccc2nc(CN3CCN(c4cccc(OCc5ccc(C(C)=O)cc5F)n4)C[C@@H]3C)n(C[C@@H]3CCO3)c2c1. The van der Waals surface area contributed by atoms with Crippen LogP contribution in [0.4, 0.5) is 10.2 Å². The van der Waals surface area contributed by atoms with E-state index < -0.39 is 5.82 Å². The Balaban J connectivity index is 1.13. The number of pyridine rings is 1. The van der Waals surface area contributed by atoms with Crippen LogP contribution in [0.25, 0.3) is 11.0 Å². The molecule has 0 unspecified atom stereocenters. The van der Waals surface area contributed by atoms with E-state index in [1.54, 1.807) is 24.3 Å². The van der Waals surface area contributed by atoms with Gasteiger partial charge in [-0.3, -0.25) is 9.69 Å². The number of anilines is 1. The predicted molar refractivity (Wildman–Crippen MR) is 162 cm³/mol. The second-order valence-corrected chi connectivity index (χ2v) is 11.4. The standard InChI is InChI=1S/C33H36FN5O5/c1-21-17-38(30-5-4-6-32(36-30)44-20-25-8-7-23(22(2)40)15-27(25)34)13-12-37(21)19-31-35-28-10-9-24(33(41)42-3)16-29(28)39(31)18-26-11-14-43-26/h4-10,15-16,21,26H,11-14,17-20H2,1-3H3/t21-,26-/m0/s1. The Morgan fingerprint density at radius 3 is 2.59 bits per heavy atom. The molecule has 4 aromatic rings. The summed E-state index contributed by atoms with van der Waals surface area (Å²) in [7, 11) is 1.38. The maximum atomic E-state index is 14.5. The first-order valence-electron chi connectivity index (χ1n) is 14.9. The molecule has 2 aliphatic heterocycles. The van der Waals surface area contributed by atoms with Gasteiger partial charge >= 0.3 is 5.97 Å². The van der Waals surface area contributed by atoms with Crippen LogP contribution in [0.2, 0.25) is 0 Å². The highest BCUT2D eigenvalue weighted by Crippen LogP contribution is 2.26. The molecule has 2 aromatic carbocycles. The minimum Gasteiger partial charge on any atom is -0.473 e. The van der Waals surface area contributed by atoms with Gasteiger partial charge in [-0.15, -0.1) is 0 Å². The number of piperazine rings is 1. The molecule has 4 heterocycles. The first-order valence-corrected chi connectivity index (χ1v) is 14.9. The number of benzene rings is 2. The Kier molecular flexibility index (Phi) is 8.58. The molecule has 44 heavy (non-hydrogen) atoms. The van der Waals surface area contributed by atoms with E-state index in [2.05, 4.69) is 21.3 Å². The lowest BCUT2D eigenvalue weighted by molar-refractivity contribution is -0.0592. The van der Waals surface area contributed by atoms with Crippen LogP contribution in [-0.2, 0) is 29.2 Å². The molecule has 2 atom stereocenters. The number of hydrogen-bond acceptors (Lipinski definition) is 9. The molecule has 0 bridgehead atoms. The van der Waals surface area contributed by atoms with E-state index in [-0.39, 0.29) is 30.5 Å². The van der Waals surface area contributed by atoms with Gasteiger partial charge in [0, 0.05) is 49.5 Å². The molecule has 0 aliphatic carbocycles. The largest absolute Gasteiger partial charge is 0.473 e. The highest BCUT2D eigenvalue weighted by Gasteiger charge is 2.28. The zero-order chi connectivity index (χ0) is 30.8. The van der Waals surface area contributed by atoms with Gasteiger partial charge in [-0.05, 0) is 50.6 Å². The van der Waals surface area contributed by atoms with E-state index in [4.69, 9.17) is 24.2 Å². The molecule has 6 rings (SSSR count). The fraction of sp³-hybridized carbons (Fsp3) is 0.394.